The third-order valence-electron chi connectivity index (χ3n) is 4.28. The fourth-order valence-corrected chi connectivity index (χ4v) is 2.89. The van der Waals surface area contributed by atoms with E-state index in [0.717, 1.165) is 37.2 Å². The predicted octanol–water partition coefficient (Wildman–Crippen LogP) is 3.24. The maximum atomic E-state index is 13.3. The number of nitrogens with one attached hydrogen (secondary N) is 1. The number of piperidine rings is 1. The Morgan fingerprint density at radius 2 is 1.96 bits per heavy atom. The second kappa shape index (κ2) is 8.12. The predicted molar refractivity (Wildman–Crippen MR) is 98.1 cm³/mol. The molecule has 0 atom stereocenters. The molecule has 1 amide bonds. The van der Waals surface area contributed by atoms with E-state index >= 15 is 0 Å². The van der Waals surface area contributed by atoms with Crippen LogP contribution in [0.4, 0.5) is 16.0 Å². The molecule has 0 spiro atoms. The van der Waals surface area contributed by atoms with Gasteiger partial charge in [0, 0.05) is 30.5 Å². The van der Waals surface area contributed by atoms with Crippen molar-refractivity contribution in [2.45, 2.75) is 33.1 Å². The van der Waals surface area contributed by atoms with Gasteiger partial charge in [0.2, 0.25) is 11.8 Å². The highest BCUT2D eigenvalue weighted by Gasteiger charge is 2.15. The van der Waals surface area contributed by atoms with Crippen LogP contribution in [0, 0.1) is 19.7 Å². The first kappa shape index (κ1) is 18.1. The van der Waals surface area contributed by atoms with Crippen molar-refractivity contribution in [1.29, 1.82) is 0 Å². The average molecular weight is 358 g/mol. The van der Waals surface area contributed by atoms with Crippen LogP contribution < -0.4 is 15.0 Å². The van der Waals surface area contributed by atoms with Gasteiger partial charge in [-0.25, -0.2) is 9.37 Å². The molecular formula is C19H23FN4O2. The van der Waals surface area contributed by atoms with Gasteiger partial charge in [0.25, 0.3) is 5.91 Å². The smallest absolute Gasteiger partial charge is 0.262 e. The molecule has 0 saturated carbocycles. The second-order valence-corrected chi connectivity index (χ2v) is 6.49. The Hall–Kier alpha value is -2.70. The summed E-state index contributed by atoms with van der Waals surface area (Å²) in [4.78, 5) is 23.1. The highest BCUT2D eigenvalue weighted by atomic mass is 19.1. The minimum Gasteiger partial charge on any atom is -0.467 e. The number of anilines is 2. The number of aromatic nitrogens is 2. The molecule has 1 aromatic carbocycles. The van der Waals surface area contributed by atoms with E-state index in [0.29, 0.717) is 17.5 Å². The Morgan fingerprint density at radius 3 is 2.73 bits per heavy atom. The van der Waals surface area contributed by atoms with Crippen molar-refractivity contribution in [2.75, 3.05) is 29.9 Å². The number of nitrogens with zero attached hydrogens (tertiary/aromatic N) is 3. The standard InChI is InChI=1S/C19H23FN4O2/c1-13-6-7-15(20)11-16(13)22-17(25)12-26-18-10-14(2)21-19(23-18)24-8-4-3-5-9-24/h6-7,10-11H,3-5,8-9,12H2,1-2H3,(H,22,25). The van der Waals surface area contributed by atoms with E-state index in [9.17, 15) is 9.18 Å². The first-order valence-corrected chi connectivity index (χ1v) is 8.81. The number of rotatable bonds is 5. The van der Waals surface area contributed by atoms with E-state index in [-0.39, 0.29) is 12.5 Å². The van der Waals surface area contributed by atoms with E-state index in [4.69, 9.17) is 4.74 Å². The molecule has 2 heterocycles. The number of benzene rings is 1. The summed E-state index contributed by atoms with van der Waals surface area (Å²) < 4.78 is 18.8. The van der Waals surface area contributed by atoms with E-state index < -0.39 is 5.82 Å². The van der Waals surface area contributed by atoms with Gasteiger partial charge in [-0.1, -0.05) is 6.07 Å². The Morgan fingerprint density at radius 1 is 1.19 bits per heavy atom. The topological polar surface area (TPSA) is 67.3 Å². The van der Waals surface area contributed by atoms with Crippen LogP contribution in [0.3, 0.4) is 0 Å². The molecule has 1 saturated heterocycles. The number of carbonyl (C=O) groups excluding carboxylic acids is 1. The lowest BCUT2D eigenvalue weighted by molar-refractivity contribution is -0.118. The lowest BCUT2D eigenvalue weighted by atomic mass is 10.1. The van der Waals surface area contributed by atoms with Crippen LogP contribution in [0.5, 0.6) is 5.88 Å². The second-order valence-electron chi connectivity index (χ2n) is 6.49. The zero-order valence-electron chi connectivity index (χ0n) is 15.1. The van der Waals surface area contributed by atoms with Crippen LogP contribution in [0.1, 0.15) is 30.5 Å². The SMILES string of the molecule is Cc1cc(OCC(=O)Nc2cc(F)ccc2C)nc(N2CCCCC2)n1. The maximum absolute atomic E-state index is 13.3. The Labute approximate surface area is 152 Å². The third-order valence-corrected chi connectivity index (χ3v) is 4.28. The fraction of sp³-hybridized carbons (Fsp3) is 0.421. The Kier molecular flexibility index (Phi) is 5.65. The lowest BCUT2D eigenvalue weighted by Crippen LogP contribution is -2.31. The molecule has 1 aliphatic heterocycles. The molecule has 0 radical (unpaired) electrons. The van der Waals surface area contributed by atoms with Gasteiger partial charge in [-0.05, 0) is 50.8 Å². The third kappa shape index (κ3) is 4.68. The van der Waals surface area contributed by atoms with Gasteiger partial charge in [-0.15, -0.1) is 0 Å². The molecule has 7 heteroatoms. The minimum absolute atomic E-state index is 0.203. The summed E-state index contributed by atoms with van der Waals surface area (Å²) in [5.74, 6) is 0.240. The minimum atomic E-state index is -0.399. The first-order valence-electron chi connectivity index (χ1n) is 8.81. The van der Waals surface area contributed by atoms with Crippen LogP contribution in [-0.4, -0.2) is 35.6 Å². The van der Waals surface area contributed by atoms with Crippen LogP contribution >= 0.6 is 0 Å². The average Bonchev–Trinajstić information content (AvgIpc) is 2.63. The van der Waals surface area contributed by atoms with Crippen molar-refractivity contribution in [2.24, 2.45) is 0 Å². The number of hydrogen-bond acceptors (Lipinski definition) is 5. The summed E-state index contributed by atoms with van der Waals surface area (Å²) in [5, 5.41) is 2.66. The van der Waals surface area contributed by atoms with Crippen LogP contribution in [0.15, 0.2) is 24.3 Å². The molecular weight excluding hydrogens is 335 g/mol. The lowest BCUT2D eigenvalue weighted by Gasteiger charge is -2.26. The number of hydrogen-bond donors (Lipinski definition) is 1. The molecule has 6 nitrogen and oxygen atoms in total. The molecule has 138 valence electrons. The van der Waals surface area contributed by atoms with Crippen LogP contribution in [0.25, 0.3) is 0 Å². The number of carbonyl (C=O) groups is 1. The van der Waals surface area contributed by atoms with Crippen molar-refractivity contribution in [3.8, 4) is 5.88 Å². The van der Waals surface area contributed by atoms with Crippen molar-refractivity contribution < 1.29 is 13.9 Å². The summed E-state index contributed by atoms with van der Waals surface area (Å²) in [6.07, 6.45) is 3.48. The van der Waals surface area contributed by atoms with E-state index in [2.05, 4.69) is 20.2 Å². The maximum Gasteiger partial charge on any atom is 0.262 e. The van der Waals surface area contributed by atoms with Crippen molar-refractivity contribution >= 4 is 17.5 Å². The van der Waals surface area contributed by atoms with Gasteiger partial charge in [-0.3, -0.25) is 4.79 Å². The molecule has 26 heavy (non-hydrogen) atoms. The molecule has 0 unspecified atom stereocenters. The highest BCUT2D eigenvalue weighted by Crippen LogP contribution is 2.20. The molecule has 2 aromatic rings. The van der Waals surface area contributed by atoms with Crippen molar-refractivity contribution in [3.63, 3.8) is 0 Å². The van der Waals surface area contributed by atoms with Gasteiger partial charge >= 0.3 is 0 Å². The van der Waals surface area contributed by atoms with Gasteiger partial charge in [-0.2, -0.15) is 4.98 Å². The normalized spacial score (nSPS) is 14.2. The van der Waals surface area contributed by atoms with E-state index in [1.165, 1.54) is 18.6 Å². The summed E-state index contributed by atoms with van der Waals surface area (Å²) in [6.45, 7) is 5.34. The molecule has 1 N–H and O–H groups in total. The van der Waals surface area contributed by atoms with Gasteiger partial charge in [0.05, 0.1) is 0 Å². The monoisotopic (exact) mass is 358 g/mol. The largest absolute Gasteiger partial charge is 0.467 e. The highest BCUT2D eigenvalue weighted by molar-refractivity contribution is 5.92. The van der Waals surface area contributed by atoms with Gasteiger partial charge in [0.1, 0.15) is 5.82 Å². The van der Waals surface area contributed by atoms with Gasteiger partial charge in [0.15, 0.2) is 6.61 Å². The zero-order valence-corrected chi connectivity index (χ0v) is 15.1. The number of amides is 1. The quantitative estimate of drug-likeness (QED) is 0.889. The molecule has 1 aliphatic rings. The number of halogens is 1. The first-order chi connectivity index (χ1) is 12.5. The van der Waals surface area contributed by atoms with Crippen molar-refractivity contribution in [1.82, 2.24) is 9.97 Å². The van der Waals surface area contributed by atoms with Crippen LogP contribution in [-0.2, 0) is 4.79 Å². The van der Waals surface area contributed by atoms with Crippen molar-refractivity contribution in [3.05, 3.63) is 41.3 Å². The fourth-order valence-electron chi connectivity index (χ4n) is 2.89. The summed E-state index contributed by atoms with van der Waals surface area (Å²) in [6, 6.07) is 5.96. The van der Waals surface area contributed by atoms with E-state index in [1.807, 2.05) is 6.92 Å². The molecule has 0 aliphatic carbocycles. The molecule has 0 bridgehead atoms. The molecule has 1 aromatic heterocycles. The number of ether oxygens (including phenoxy) is 1. The zero-order chi connectivity index (χ0) is 18.5. The Bertz CT molecular complexity index is 791. The molecule has 1 fully saturated rings. The van der Waals surface area contributed by atoms with Gasteiger partial charge < -0.3 is 15.0 Å². The summed E-state index contributed by atoms with van der Waals surface area (Å²) >= 11 is 0. The number of aryl methyl sites for hydroxylation is 2. The van der Waals surface area contributed by atoms with Crippen LogP contribution in [0.2, 0.25) is 0 Å². The Balaban J connectivity index is 1.62. The van der Waals surface area contributed by atoms with E-state index in [1.54, 1.807) is 19.1 Å². The summed E-state index contributed by atoms with van der Waals surface area (Å²) in [5.41, 5.74) is 2.01. The molecule has 3 rings (SSSR count). The summed E-state index contributed by atoms with van der Waals surface area (Å²) in [7, 11) is 0.